The molecule has 236 valence electrons. The van der Waals surface area contributed by atoms with Crippen molar-refractivity contribution in [2.75, 3.05) is 0 Å². The topological polar surface area (TPSA) is 0 Å². The fourth-order valence-corrected chi connectivity index (χ4v) is 8.29. The molecule has 2 aliphatic carbocycles. The Labute approximate surface area is 282 Å². The van der Waals surface area contributed by atoms with E-state index in [0.29, 0.717) is 5.92 Å². The lowest BCUT2D eigenvalue weighted by Crippen LogP contribution is -2.20. The van der Waals surface area contributed by atoms with Gasteiger partial charge in [0.1, 0.15) is 0 Å². The van der Waals surface area contributed by atoms with Gasteiger partial charge in [0.15, 0.2) is 0 Å². The van der Waals surface area contributed by atoms with Crippen molar-refractivity contribution in [2.24, 2.45) is 0 Å². The number of benzene rings is 5. The van der Waals surface area contributed by atoms with E-state index < -0.39 is 0 Å². The maximum atomic E-state index is 2.55. The predicted octanol–water partition coefficient (Wildman–Crippen LogP) is 13.2. The molecular weight excluding hydrogens is 565 g/mol. The van der Waals surface area contributed by atoms with Crippen LogP contribution in [-0.4, -0.2) is 0 Å². The first-order chi connectivity index (χ1) is 22.9. The van der Waals surface area contributed by atoms with Crippen molar-refractivity contribution in [2.45, 2.75) is 84.5 Å². The van der Waals surface area contributed by atoms with Crippen molar-refractivity contribution >= 4 is 0 Å². The van der Waals surface area contributed by atoms with E-state index in [-0.39, 0.29) is 5.41 Å². The smallest absolute Gasteiger partial charge is 0.0215 e. The molecule has 0 unspecified atom stereocenters. The zero-order valence-corrected chi connectivity index (χ0v) is 28.9. The van der Waals surface area contributed by atoms with Gasteiger partial charge in [-0.1, -0.05) is 142 Å². The largest absolute Gasteiger partial charge is 0.0877 e. The van der Waals surface area contributed by atoms with Crippen LogP contribution < -0.4 is 0 Å². The van der Waals surface area contributed by atoms with Crippen molar-refractivity contribution in [1.82, 2.24) is 0 Å². The molecule has 0 N–H and O–H groups in total. The van der Waals surface area contributed by atoms with Crippen LogP contribution in [0.5, 0.6) is 0 Å². The molecule has 0 atom stereocenters. The SMILES string of the molecule is C/C=C\C=C/Cc1cc(-c2cccc(-c3ccc4c(c3)C3(CCCC3)c3cc(-c5cc(C)cc(C(C)C)c5)ccc3-4)c2)ccc1CC. The third-order valence-electron chi connectivity index (χ3n) is 10.8. The monoisotopic (exact) mass is 612 g/mol. The zero-order valence-electron chi connectivity index (χ0n) is 28.9. The second kappa shape index (κ2) is 13.0. The Morgan fingerprint density at radius 3 is 1.89 bits per heavy atom. The number of fused-ring (bicyclic) bond motifs is 5. The van der Waals surface area contributed by atoms with Crippen molar-refractivity contribution in [3.8, 4) is 44.5 Å². The average molecular weight is 613 g/mol. The van der Waals surface area contributed by atoms with E-state index in [1.165, 1.54) is 92.4 Å². The minimum Gasteiger partial charge on any atom is -0.0877 e. The molecule has 0 nitrogen and oxygen atoms in total. The number of rotatable bonds is 8. The Kier molecular flexibility index (Phi) is 8.63. The van der Waals surface area contributed by atoms with Crippen molar-refractivity contribution < 1.29 is 0 Å². The lowest BCUT2D eigenvalue weighted by molar-refractivity contribution is 0.550. The Morgan fingerprint density at radius 2 is 1.26 bits per heavy atom. The molecule has 0 heterocycles. The maximum Gasteiger partial charge on any atom is 0.0215 e. The van der Waals surface area contributed by atoms with Crippen LogP contribution in [0.4, 0.5) is 0 Å². The van der Waals surface area contributed by atoms with E-state index in [1.807, 2.05) is 0 Å². The van der Waals surface area contributed by atoms with Gasteiger partial charge in [0.25, 0.3) is 0 Å². The van der Waals surface area contributed by atoms with Crippen molar-refractivity contribution in [3.05, 3.63) is 155 Å². The van der Waals surface area contributed by atoms with Gasteiger partial charge in [0.2, 0.25) is 0 Å². The number of aryl methyl sites for hydroxylation is 2. The molecular formula is C47H48. The van der Waals surface area contributed by atoms with Crippen LogP contribution >= 0.6 is 0 Å². The van der Waals surface area contributed by atoms with Crippen LogP contribution in [0.3, 0.4) is 0 Å². The molecule has 47 heavy (non-hydrogen) atoms. The molecule has 0 saturated heterocycles. The van der Waals surface area contributed by atoms with Gasteiger partial charge in [-0.05, 0) is 136 Å². The van der Waals surface area contributed by atoms with Crippen LogP contribution in [-0.2, 0) is 18.3 Å². The summed E-state index contributed by atoms with van der Waals surface area (Å²) in [6, 6.07) is 38.0. The molecule has 0 aliphatic heterocycles. The molecule has 5 aromatic rings. The maximum absolute atomic E-state index is 2.55. The van der Waals surface area contributed by atoms with E-state index in [9.17, 15) is 0 Å². The van der Waals surface area contributed by atoms with Gasteiger partial charge in [0.05, 0.1) is 0 Å². The molecule has 1 saturated carbocycles. The summed E-state index contributed by atoms with van der Waals surface area (Å²) in [6.07, 6.45) is 15.7. The Bertz CT molecular complexity index is 1990. The quantitative estimate of drug-likeness (QED) is 0.153. The van der Waals surface area contributed by atoms with Gasteiger partial charge in [-0.15, -0.1) is 0 Å². The normalized spacial score (nSPS) is 14.9. The predicted molar refractivity (Wildman–Crippen MR) is 203 cm³/mol. The summed E-state index contributed by atoms with van der Waals surface area (Å²) in [5.74, 6) is 0.522. The van der Waals surface area contributed by atoms with Crippen LogP contribution in [0.15, 0.2) is 121 Å². The van der Waals surface area contributed by atoms with Gasteiger partial charge < -0.3 is 0 Å². The van der Waals surface area contributed by atoms with Crippen molar-refractivity contribution in [3.63, 3.8) is 0 Å². The minimum atomic E-state index is 0.115. The lowest BCUT2D eigenvalue weighted by atomic mass is 9.75. The van der Waals surface area contributed by atoms with E-state index in [1.54, 1.807) is 11.1 Å². The minimum absolute atomic E-state index is 0.115. The highest BCUT2D eigenvalue weighted by atomic mass is 14.5. The fourth-order valence-electron chi connectivity index (χ4n) is 8.29. The average Bonchev–Trinajstić information content (AvgIpc) is 3.70. The molecule has 2 aliphatic rings. The summed E-state index contributed by atoms with van der Waals surface area (Å²) in [5, 5.41) is 0. The molecule has 5 aromatic carbocycles. The summed E-state index contributed by atoms with van der Waals surface area (Å²) in [6.45, 7) is 11.1. The summed E-state index contributed by atoms with van der Waals surface area (Å²) in [5.41, 5.74) is 19.6. The van der Waals surface area contributed by atoms with Gasteiger partial charge in [-0.3, -0.25) is 0 Å². The molecule has 1 fully saturated rings. The molecule has 1 spiro atoms. The molecule has 0 aromatic heterocycles. The molecule has 0 heteroatoms. The number of hydrogen-bond donors (Lipinski definition) is 0. The Balaban J connectivity index is 1.26. The highest BCUT2D eigenvalue weighted by Crippen LogP contribution is 2.58. The van der Waals surface area contributed by atoms with Crippen LogP contribution in [0, 0.1) is 6.92 Å². The highest BCUT2D eigenvalue weighted by molar-refractivity contribution is 5.87. The molecule has 7 rings (SSSR count). The standard InChI is InChI=1S/C47H48/c1-6-8-9-10-14-35-27-38(18-17-34(35)7-2)36-15-13-16-37(28-36)39-19-21-43-44-22-20-40(42-26-33(5)25-41(29-42)32(3)4)31-46(44)47(45(43)30-39)23-11-12-24-47/h6,8-10,13,15-22,25-32H,7,11-12,14,23-24H2,1-5H3/b8-6-,10-9-. The lowest BCUT2D eigenvalue weighted by Gasteiger charge is -2.27. The van der Waals surface area contributed by atoms with E-state index in [4.69, 9.17) is 0 Å². The Morgan fingerprint density at radius 1 is 0.638 bits per heavy atom. The third kappa shape index (κ3) is 5.84. The van der Waals surface area contributed by atoms with Crippen LogP contribution in [0.2, 0.25) is 0 Å². The first-order valence-corrected chi connectivity index (χ1v) is 17.8. The Hall–Kier alpha value is -4.42. The van der Waals surface area contributed by atoms with E-state index in [0.717, 1.165) is 12.8 Å². The van der Waals surface area contributed by atoms with E-state index >= 15 is 0 Å². The summed E-state index contributed by atoms with van der Waals surface area (Å²) in [7, 11) is 0. The van der Waals surface area contributed by atoms with Crippen LogP contribution in [0.25, 0.3) is 44.5 Å². The zero-order chi connectivity index (χ0) is 32.5. The number of allylic oxidation sites excluding steroid dienone is 4. The molecule has 0 bridgehead atoms. The molecule has 0 amide bonds. The fraction of sp³-hybridized carbons (Fsp3) is 0.277. The molecule has 0 radical (unpaired) electrons. The first kappa shape index (κ1) is 31.2. The summed E-state index contributed by atoms with van der Waals surface area (Å²) < 4.78 is 0. The third-order valence-corrected chi connectivity index (χ3v) is 10.8. The first-order valence-electron chi connectivity index (χ1n) is 17.8. The van der Waals surface area contributed by atoms with Crippen molar-refractivity contribution in [1.29, 1.82) is 0 Å². The van der Waals surface area contributed by atoms with Gasteiger partial charge in [-0.25, -0.2) is 0 Å². The van der Waals surface area contributed by atoms with Crippen LogP contribution in [0.1, 0.15) is 92.7 Å². The van der Waals surface area contributed by atoms with Gasteiger partial charge >= 0.3 is 0 Å². The summed E-state index contributed by atoms with van der Waals surface area (Å²) in [4.78, 5) is 0. The van der Waals surface area contributed by atoms with E-state index in [2.05, 4.69) is 156 Å². The number of hydrogen-bond acceptors (Lipinski definition) is 0. The van der Waals surface area contributed by atoms with Gasteiger partial charge in [0, 0.05) is 5.41 Å². The second-order valence-electron chi connectivity index (χ2n) is 14.2. The second-order valence-corrected chi connectivity index (χ2v) is 14.2. The van der Waals surface area contributed by atoms with Gasteiger partial charge in [-0.2, -0.15) is 0 Å². The summed E-state index contributed by atoms with van der Waals surface area (Å²) >= 11 is 0. The highest BCUT2D eigenvalue weighted by Gasteiger charge is 2.45.